The number of nitrogens with two attached hydrogens (primary N) is 1. The maximum absolute atomic E-state index is 5.75. The molecule has 0 fully saturated rings. The molecule has 1 aromatic heterocycles. The maximum atomic E-state index is 5.75. The van der Waals surface area contributed by atoms with Gasteiger partial charge in [0, 0.05) is 32.6 Å². The molecule has 0 spiro atoms. The van der Waals surface area contributed by atoms with Gasteiger partial charge in [-0.15, -0.1) is 11.8 Å². The lowest BCUT2D eigenvalue weighted by Gasteiger charge is -2.04. The Kier molecular flexibility index (Phi) is 4.31. The summed E-state index contributed by atoms with van der Waals surface area (Å²) in [5, 5.41) is 4.41. The summed E-state index contributed by atoms with van der Waals surface area (Å²) >= 11 is 5.30. The first-order valence-corrected chi connectivity index (χ1v) is 8.27. The second kappa shape index (κ2) is 6.37. The number of aromatic nitrogens is 2. The van der Waals surface area contributed by atoms with Crippen molar-refractivity contribution >= 4 is 33.4 Å². The van der Waals surface area contributed by atoms with Gasteiger partial charge < -0.3 is 5.73 Å². The van der Waals surface area contributed by atoms with E-state index in [-0.39, 0.29) is 0 Å². The van der Waals surface area contributed by atoms with Gasteiger partial charge in [0.25, 0.3) is 0 Å². The summed E-state index contributed by atoms with van der Waals surface area (Å²) < 4.78 is 2.93. The third-order valence-corrected chi connectivity index (χ3v) is 5.07. The summed E-state index contributed by atoms with van der Waals surface area (Å²) in [6, 6.07) is 16.0. The average molecular weight is 360 g/mol. The minimum Gasteiger partial charge on any atom is -0.399 e. The van der Waals surface area contributed by atoms with Crippen LogP contribution in [0, 0.1) is 0 Å². The molecule has 0 unspecified atom stereocenters. The van der Waals surface area contributed by atoms with Crippen LogP contribution in [0.25, 0.3) is 5.69 Å². The quantitative estimate of drug-likeness (QED) is 0.550. The van der Waals surface area contributed by atoms with Gasteiger partial charge in [-0.1, -0.05) is 18.2 Å². The zero-order chi connectivity index (χ0) is 14.7. The van der Waals surface area contributed by atoms with Crippen LogP contribution in [0.1, 0.15) is 5.56 Å². The van der Waals surface area contributed by atoms with Gasteiger partial charge in [0.15, 0.2) is 0 Å². The molecule has 2 N–H and O–H groups in total. The van der Waals surface area contributed by atoms with Gasteiger partial charge in [-0.3, -0.25) is 0 Å². The lowest BCUT2D eigenvalue weighted by atomic mass is 10.3. The van der Waals surface area contributed by atoms with Crippen LogP contribution in [0.5, 0.6) is 0 Å². The second-order valence-electron chi connectivity index (χ2n) is 4.61. The fraction of sp³-hybridized carbons (Fsp3) is 0.0625. The fourth-order valence-electron chi connectivity index (χ4n) is 1.95. The predicted octanol–water partition coefficient (Wildman–Crippen LogP) is 4.51. The SMILES string of the molecule is Nc1ccc(SCc2cnn(-c3ccccc3)c2)c(Br)c1. The molecular weight excluding hydrogens is 346 g/mol. The van der Waals surface area contributed by atoms with E-state index < -0.39 is 0 Å². The van der Waals surface area contributed by atoms with Crippen LogP contribution in [0.2, 0.25) is 0 Å². The third kappa shape index (κ3) is 3.49. The molecule has 21 heavy (non-hydrogen) atoms. The van der Waals surface area contributed by atoms with Crippen molar-refractivity contribution in [1.29, 1.82) is 0 Å². The molecule has 2 aromatic carbocycles. The van der Waals surface area contributed by atoms with E-state index in [1.807, 2.05) is 59.4 Å². The van der Waals surface area contributed by atoms with Crippen LogP contribution >= 0.6 is 27.7 Å². The van der Waals surface area contributed by atoms with Crippen molar-refractivity contribution in [3.05, 3.63) is 71.0 Å². The lowest BCUT2D eigenvalue weighted by Crippen LogP contribution is -1.92. The highest BCUT2D eigenvalue weighted by Gasteiger charge is 2.04. The van der Waals surface area contributed by atoms with E-state index in [2.05, 4.69) is 27.2 Å². The van der Waals surface area contributed by atoms with Crippen molar-refractivity contribution in [2.24, 2.45) is 0 Å². The van der Waals surface area contributed by atoms with Gasteiger partial charge >= 0.3 is 0 Å². The molecular formula is C16H14BrN3S. The molecule has 0 bridgehead atoms. The first kappa shape index (κ1) is 14.2. The molecule has 0 amide bonds. The van der Waals surface area contributed by atoms with Crippen molar-refractivity contribution in [2.75, 3.05) is 5.73 Å². The van der Waals surface area contributed by atoms with Crippen LogP contribution in [0.4, 0.5) is 5.69 Å². The summed E-state index contributed by atoms with van der Waals surface area (Å²) in [7, 11) is 0. The number of halogens is 1. The Hall–Kier alpha value is -1.72. The molecule has 0 radical (unpaired) electrons. The number of rotatable bonds is 4. The Labute approximate surface area is 136 Å². The molecule has 106 valence electrons. The van der Waals surface area contributed by atoms with E-state index in [9.17, 15) is 0 Å². The van der Waals surface area contributed by atoms with Crippen molar-refractivity contribution < 1.29 is 0 Å². The average Bonchev–Trinajstić information content (AvgIpc) is 2.96. The number of thioether (sulfide) groups is 1. The smallest absolute Gasteiger partial charge is 0.0645 e. The standard InChI is InChI=1S/C16H14BrN3S/c17-15-8-13(18)6-7-16(15)21-11-12-9-19-20(10-12)14-4-2-1-3-5-14/h1-10H,11,18H2. The number of nitrogen functional groups attached to an aromatic ring is 1. The first-order chi connectivity index (χ1) is 10.2. The number of para-hydroxylation sites is 1. The van der Waals surface area contributed by atoms with E-state index in [4.69, 9.17) is 5.73 Å². The maximum Gasteiger partial charge on any atom is 0.0645 e. The van der Waals surface area contributed by atoms with Crippen molar-refractivity contribution in [3.63, 3.8) is 0 Å². The molecule has 0 saturated carbocycles. The highest BCUT2D eigenvalue weighted by atomic mass is 79.9. The van der Waals surface area contributed by atoms with Gasteiger partial charge in [0.1, 0.15) is 0 Å². The number of hydrogen-bond donors (Lipinski definition) is 1. The van der Waals surface area contributed by atoms with E-state index in [1.54, 1.807) is 11.8 Å². The van der Waals surface area contributed by atoms with E-state index >= 15 is 0 Å². The van der Waals surface area contributed by atoms with Crippen LogP contribution in [-0.2, 0) is 5.75 Å². The molecule has 3 aromatic rings. The van der Waals surface area contributed by atoms with Crippen LogP contribution in [-0.4, -0.2) is 9.78 Å². The molecule has 0 atom stereocenters. The number of hydrogen-bond acceptors (Lipinski definition) is 3. The summed E-state index contributed by atoms with van der Waals surface area (Å²) in [6.45, 7) is 0. The fourth-order valence-corrected chi connectivity index (χ4v) is 3.52. The molecule has 3 nitrogen and oxygen atoms in total. The Morgan fingerprint density at radius 2 is 1.95 bits per heavy atom. The van der Waals surface area contributed by atoms with E-state index in [0.717, 1.165) is 21.6 Å². The van der Waals surface area contributed by atoms with E-state index in [0.29, 0.717) is 0 Å². The minimum atomic E-state index is 0.767. The Morgan fingerprint density at radius 1 is 1.14 bits per heavy atom. The van der Waals surface area contributed by atoms with Crippen LogP contribution in [0.3, 0.4) is 0 Å². The highest BCUT2D eigenvalue weighted by molar-refractivity contribution is 9.10. The monoisotopic (exact) mass is 359 g/mol. The molecule has 3 rings (SSSR count). The van der Waals surface area contributed by atoms with Gasteiger partial charge in [-0.25, -0.2) is 4.68 Å². The highest BCUT2D eigenvalue weighted by Crippen LogP contribution is 2.31. The number of benzene rings is 2. The molecule has 0 saturated heterocycles. The molecule has 0 aliphatic carbocycles. The van der Waals surface area contributed by atoms with Gasteiger partial charge in [-0.05, 0) is 46.3 Å². The number of anilines is 1. The summed E-state index contributed by atoms with van der Waals surface area (Å²) in [6.07, 6.45) is 3.97. The molecule has 0 aliphatic heterocycles. The molecule has 1 heterocycles. The van der Waals surface area contributed by atoms with Crippen molar-refractivity contribution in [3.8, 4) is 5.69 Å². The lowest BCUT2D eigenvalue weighted by molar-refractivity contribution is 0.880. The largest absolute Gasteiger partial charge is 0.399 e. The van der Waals surface area contributed by atoms with Crippen molar-refractivity contribution in [1.82, 2.24) is 9.78 Å². The molecule has 0 aliphatic rings. The second-order valence-corrected chi connectivity index (χ2v) is 6.48. The Bertz CT molecular complexity index is 740. The summed E-state index contributed by atoms with van der Waals surface area (Å²) in [5.41, 5.74) is 8.78. The predicted molar refractivity (Wildman–Crippen MR) is 91.7 cm³/mol. The van der Waals surface area contributed by atoms with Crippen LogP contribution in [0.15, 0.2) is 70.3 Å². The van der Waals surface area contributed by atoms with Gasteiger partial charge in [-0.2, -0.15) is 5.10 Å². The Balaban J connectivity index is 1.70. The normalized spacial score (nSPS) is 10.7. The Morgan fingerprint density at radius 3 is 2.71 bits per heavy atom. The first-order valence-electron chi connectivity index (χ1n) is 6.49. The number of nitrogens with zero attached hydrogens (tertiary/aromatic N) is 2. The van der Waals surface area contributed by atoms with Crippen molar-refractivity contribution in [2.45, 2.75) is 10.6 Å². The van der Waals surface area contributed by atoms with E-state index in [1.165, 1.54) is 10.5 Å². The zero-order valence-electron chi connectivity index (χ0n) is 11.2. The molecule has 5 heteroatoms. The minimum absolute atomic E-state index is 0.767. The summed E-state index contributed by atoms with van der Waals surface area (Å²) in [4.78, 5) is 1.18. The topological polar surface area (TPSA) is 43.8 Å². The third-order valence-electron chi connectivity index (χ3n) is 3.01. The van der Waals surface area contributed by atoms with Gasteiger partial charge in [0.2, 0.25) is 0 Å². The van der Waals surface area contributed by atoms with Crippen LogP contribution < -0.4 is 5.73 Å². The van der Waals surface area contributed by atoms with Gasteiger partial charge in [0.05, 0.1) is 11.9 Å². The summed E-state index contributed by atoms with van der Waals surface area (Å²) in [5.74, 6) is 0.870. The zero-order valence-corrected chi connectivity index (χ0v) is 13.6.